The van der Waals surface area contributed by atoms with Crippen LogP contribution in [-0.4, -0.2) is 33.7 Å². The third-order valence-corrected chi connectivity index (χ3v) is 6.03. The van der Waals surface area contributed by atoms with Gasteiger partial charge in [-0.05, 0) is 56.5 Å². The molecule has 0 saturated heterocycles. The number of amides is 1. The molecule has 2 aromatic rings. The predicted octanol–water partition coefficient (Wildman–Crippen LogP) is 3.34. The van der Waals surface area contributed by atoms with Crippen LogP contribution in [0.15, 0.2) is 42.5 Å². The van der Waals surface area contributed by atoms with Crippen LogP contribution in [0.1, 0.15) is 36.6 Å². The zero-order valence-corrected chi connectivity index (χ0v) is 18.0. The molecule has 2 rings (SSSR count). The van der Waals surface area contributed by atoms with Crippen molar-refractivity contribution in [2.24, 2.45) is 0 Å². The van der Waals surface area contributed by atoms with E-state index < -0.39 is 16.1 Å². The summed E-state index contributed by atoms with van der Waals surface area (Å²) in [5.74, 6) is 0.140. The summed E-state index contributed by atoms with van der Waals surface area (Å²) in [5.41, 5.74) is 3.66. The first-order valence-corrected chi connectivity index (χ1v) is 10.9. The van der Waals surface area contributed by atoms with Crippen LogP contribution < -0.4 is 14.4 Å². The smallest absolute Gasteiger partial charge is 0.244 e. The van der Waals surface area contributed by atoms with Gasteiger partial charge >= 0.3 is 0 Å². The Bertz CT molecular complexity index is 957. The Morgan fingerprint density at radius 3 is 2.32 bits per heavy atom. The summed E-state index contributed by atoms with van der Waals surface area (Å²) in [7, 11) is -2.18. The highest BCUT2D eigenvalue weighted by Crippen LogP contribution is 2.26. The van der Waals surface area contributed by atoms with E-state index in [9.17, 15) is 13.2 Å². The largest absolute Gasteiger partial charge is 0.497 e. The first kappa shape index (κ1) is 21.8. The van der Waals surface area contributed by atoms with E-state index in [4.69, 9.17) is 4.74 Å². The third kappa shape index (κ3) is 5.04. The lowest BCUT2D eigenvalue weighted by molar-refractivity contribution is -0.122. The Labute approximate surface area is 167 Å². The molecule has 0 aliphatic carbocycles. The first-order chi connectivity index (χ1) is 13.0. The molecule has 1 N–H and O–H groups in total. The van der Waals surface area contributed by atoms with E-state index in [2.05, 4.69) is 5.32 Å². The van der Waals surface area contributed by atoms with Gasteiger partial charge in [0.15, 0.2) is 0 Å². The van der Waals surface area contributed by atoms with E-state index in [1.165, 1.54) is 12.7 Å². The zero-order chi connectivity index (χ0) is 21.1. The van der Waals surface area contributed by atoms with Gasteiger partial charge in [0.1, 0.15) is 11.8 Å². The molecule has 0 bridgehead atoms. The van der Waals surface area contributed by atoms with Crippen LogP contribution in [0.2, 0.25) is 0 Å². The van der Waals surface area contributed by atoms with E-state index in [1.807, 2.05) is 39.0 Å². The number of hydrogen-bond donors (Lipinski definition) is 1. The van der Waals surface area contributed by atoms with Crippen molar-refractivity contribution in [1.29, 1.82) is 0 Å². The number of methoxy groups -OCH3 is 1. The fourth-order valence-corrected chi connectivity index (χ4v) is 4.17. The lowest BCUT2D eigenvalue weighted by atomic mass is 10.0. The lowest BCUT2D eigenvalue weighted by Crippen LogP contribution is -2.48. The minimum Gasteiger partial charge on any atom is -0.497 e. The Morgan fingerprint density at radius 2 is 1.75 bits per heavy atom. The molecule has 0 radical (unpaired) electrons. The van der Waals surface area contributed by atoms with Gasteiger partial charge in [0.05, 0.1) is 25.1 Å². The summed E-state index contributed by atoms with van der Waals surface area (Å²) in [5, 5.41) is 2.92. The molecular weight excluding hydrogens is 376 g/mol. The molecule has 0 spiro atoms. The molecule has 7 heteroatoms. The molecule has 0 aliphatic heterocycles. The molecule has 2 aromatic carbocycles. The summed E-state index contributed by atoms with van der Waals surface area (Å²) in [6.07, 6.45) is 1.09. The number of sulfonamides is 1. The average molecular weight is 405 g/mol. The lowest BCUT2D eigenvalue weighted by Gasteiger charge is -2.29. The maximum absolute atomic E-state index is 12.8. The third-order valence-electron chi connectivity index (χ3n) is 4.79. The second-order valence-electron chi connectivity index (χ2n) is 7.01. The average Bonchev–Trinajstić information content (AvgIpc) is 2.62. The van der Waals surface area contributed by atoms with Gasteiger partial charge in [-0.15, -0.1) is 0 Å². The van der Waals surface area contributed by atoms with E-state index in [1.54, 1.807) is 31.2 Å². The van der Waals surface area contributed by atoms with Crippen molar-refractivity contribution in [3.8, 4) is 5.75 Å². The molecule has 1 amide bonds. The predicted molar refractivity (Wildman–Crippen MR) is 112 cm³/mol. The molecule has 0 aromatic heterocycles. The van der Waals surface area contributed by atoms with Gasteiger partial charge in [-0.3, -0.25) is 9.10 Å². The minimum absolute atomic E-state index is 0.249. The van der Waals surface area contributed by atoms with Crippen LogP contribution in [0.4, 0.5) is 5.69 Å². The van der Waals surface area contributed by atoms with Crippen LogP contribution in [0, 0.1) is 13.8 Å². The number of carbonyl (C=O) groups is 1. The quantitative estimate of drug-likeness (QED) is 0.768. The van der Waals surface area contributed by atoms with Gasteiger partial charge in [0.25, 0.3) is 0 Å². The van der Waals surface area contributed by atoms with Crippen molar-refractivity contribution in [3.63, 3.8) is 0 Å². The monoisotopic (exact) mass is 404 g/mol. The fraction of sp³-hybridized carbons (Fsp3) is 0.381. The molecule has 0 saturated carbocycles. The summed E-state index contributed by atoms with van der Waals surface area (Å²) >= 11 is 0. The standard InChI is InChI=1S/C21H28N2O4S/c1-14-10-11-18(12-15(14)2)16(3)22-21(24)17(4)23(28(6,25)26)19-8-7-9-20(13-19)27-5/h7-13,16-17H,1-6H3,(H,22,24)/t16-,17-/m1/s1. The number of ether oxygens (including phenoxy) is 1. The summed E-state index contributed by atoms with van der Waals surface area (Å²) in [4.78, 5) is 12.8. The fourth-order valence-electron chi connectivity index (χ4n) is 3.01. The minimum atomic E-state index is -3.68. The van der Waals surface area contributed by atoms with Crippen molar-refractivity contribution < 1.29 is 17.9 Å². The second kappa shape index (κ2) is 8.65. The van der Waals surface area contributed by atoms with Crippen LogP contribution in [0.3, 0.4) is 0 Å². The Balaban J connectivity index is 2.27. The van der Waals surface area contributed by atoms with Gasteiger partial charge < -0.3 is 10.1 Å². The van der Waals surface area contributed by atoms with E-state index >= 15 is 0 Å². The van der Waals surface area contributed by atoms with Crippen molar-refractivity contribution in [1.82, 2.24) is 5.32 Å². The summed E-state index contributed by atoms with van der Waals surface area (Å²) < 4.78 is 31.1. The molecule has 28 heavy (non-hydrogen) atoms. The maximum atomic E-state index is 12.8. The number of nitrogens with zero attached hydrogens (tertiary/aromatic N) is 1. The molecule has 6 nitrogen and oxygen atoms in total. The summed E-state index contributed by atoms with van der Waals surface area (Å²) in [6, 6.07) is 11.5. The molecule has 0 unspecified atom stereocenters. The van der Waals surface area contributed by atoms with Gasteiger partial charge in [-0.2, -0.15) is 0 Å². The van der Waals surface area contributed by atoms with Gasteiger partial charge in [0.2, 0.25) is 15.9 Å². The Kier molecular flexibility index (Phi) is 6.72. The van der Waals surface area contributed by atoms with Crippen molar-refractivity contribution in [2.75, 3.05) is 17.7 Å². The number of carbonyl (C=O) groups excluding carboxylic acids is 1. The van der Waals surface area contributed by atoms with Crippen LogP contribution in [-0.2, 0) is 14.8 Å². The number of aryl methyl sites for hydroxylation is 2. The Hall–Kier alpha value is -2.54. The number of rotatable bonds is 7. The highest BCUT2D eigenvalue weighted by molar-refractivity contribution is 7.92. The van der Waals surface area contributed by atoms with Crippen molar-refractivity contribution in [3.05, 3.63) is 59.2 Å². The van der Waals surface area contributed by atoms with Gasteiger partial charge in [-0.25, -0.2) is 8.42 Å². The number of nitrogens with one attached hydrogen (secondary N) is 1. The number of benzene rings is 2. The van der Waals surface area contributed by atoms with Crippen LogP contribution in [0.5, 0.6) is 5.75 Å². The zero-order valence-electron chi connectivity index (χ0n) is 17.2. The highest BCUT2D eigenvalue weighted by atomic mass is 32.2. The highest BCUT2D eigenvalue weighted by Gasteiger charge is 2.30. The molecule has 152 valence electrons. The van der Waals surface area contributed by atoms with E-state index in [-0.39, 0.29) is 11.9 Å². The van der Waals surface area contributed by atoms with Crippen LogP contribution in [0.25, 0.3) is 0 Å². The SMILES string of the molecule is COc1cccc(N([C@H](C)C(=O)N[C@H](C)c2ccc(C)c(C)c2)S(C)(=O)=O)c1. The number of hydrogen-bond acceptors (Lipinski definition) is 4. The molecule has 0 fully saturated rings. The normalized spacial score (nSPS) is 13.5. The van der Waals surface area contributed by atoms with Crippen LogP contribution >= 0.6 is 0 Å². The summed E-state index contributed by atoms with van der Waals surface area (Å²) in [6.45, 7) is 7.50. The van der Waals surface area contributed by atoms with E-state index in [0.717, 1.165) is 21.7 Å². The molecule has 0 heterocycles. The van der Waals surface area contributed by atoms with Crippen molar-refractivity contribution in [2.45, 2.75) is 39.8 Å². The molecular formula is C21H28N2O4S. The maximum Gasteiger partial charge on any atom is 0.244 e. The van der Waals surface area contributed by atoms with Gasteiger partial charge in [-0.1, -0.05) is 24.3 Å². The van der Waals surface area contributed by atoms with Gasteiger partial charge in [0, 0.05) is 6.07 Å². The van der Waals surface area contributed by atoms with E-state index in [0.29, 0.717) is 11.4 Å². The second-order valence-corrected chi connectivity index (χ2v) is 8.87. The topological polar surface area (TPSA) is 75.7 Å². The number of anilines is 1. The Morgan fingerprint density at radius 1 is 1.07 bits per heavy atom. The van der Waals surface area contributed by atoms with Crippen molar-refractivity contribution >= 4 is 21.6 Å². The molecule has 0 aliphatic rings. The molecule has 2 atom stereocenters. The first-order valence-electron chi connectivity index (χ1n) is 9.05.